The minimum absolute atomic E-state index is 0.107. The highest BCUT2D eigenvalue weighted by Gasteiger charge is 2.15. The van der Waals surface area contributed by atoms with Crippen molar-refractivity contribution in [2.45, 2.75) is 32.8 Å². The van der Waals surface area contributed by atoms with Crippen LogP contribution in [0.25, 0.3) is 0 Å². The van der Waals surface area contributed by atoms with E-state index in [9.17, 15) is 30.6 Å². The summed E-state index contributed by atoms with van der Waals surface area (Å²) in [5, 5.41) is 57.5. The van der Waals surface area contributed by atoms with Crippen LogP contribution in [0, 0.1) is 0 Å². The molecule has 0 aliphatic rings. The van der Waals surface area contributed by atoms with Gasteiger partial charge in [0, 0.05) is 17.5 Å². The third-order valence-corrected chi connectivity index (χ3v) is 3.74. The second-order valence-electron chi connectivity index (χ2n) is 5.33. The van der Waals surface area contributed by atoms with E-state index in [0.717, 1.165) is 0 Å². The average Bonchev–Trinajstić information content (AvgIpc) is 2.58. The second kappa shape index (κ2) is 7.43. The minimum atomic E-state index is -0.378. The Morgan fingerprint density at radius 1 is 0.522 bits per heavy atom. The molecule has 0 aliphatic carbocycles. The van der Waals surface area contributed by atoms with Gasteiger partial charge in [-0.25, -0.2) is 0 Å². The zero-order chi connectivity index (χ0) is 17.0. The monoisotopic (exact) mass is 320 g/mol. The summed E-state index contributed by atoms with van der Waals surface area (Å²) in [5.74, 6) is -0.215. The van der Waals surface area contributed by atoms with Crippen molar-refractivity contribution in [2.75, 3.05) is 0 Å². The van der Waals surface area contributed by atoms with Gasteiger partial charge in [0.05, 0.1) is 26.4 Å². The molecule has 6 N–H and O–H groups in total. The Morgan fingerprint density at radius 3 is 1.17 bits per heavy atom. The number of benzene rings is 2. The van der Waals surface area contributed by atoms with Crippen LogP contribution in [0.1, 0.15) is 33.4 Å². The predicted molar refractivity (Wildman–Crippen MR) is 82.7 cm³/mol. The lowest BCUT2D eigenvalue weighted by Crippen LogP contribution is -2.00. The molecule has 0 heterocycles. The molecule has 124 valence electrons. The molecule has 6 nitrogen and oxygen atoms in total. The molecular formula is C17H20O6. The lowest BCUT2D eigenvalue weighted by molar-refractivity contribution is 0.270. The molecule has 0 fully saturated rings. The summed E-state index contributed by atoms with van der Waals surface area (Å²) >= 11 is 0. The SMILES string of the molecule is OCc1cc(CO)c(O)c(Cc2cc(CO)cc(CO)c2O)c1. The summed E-state index contributed by atoms with van der Waals surface area (Å²) in [6.07, 6.45) is 0.124. The van der Waals surface area contributed by atoms with Crippen LogP contribution in [0.4, 0.5) is 0 Å². The van der Waals surface area contributed by atoms with Crippen LogP contribution >= 0.6 is 0 Å². The number of rotatable bonds is 6. The van der Waals surface area contributed by atoms with E-state index in [0.29, 0.717) is 22.3 Å². The van der Waals surface area contributed by atoms with Crippen LogP contribution in [0.3, 0.4) is 0 Å². The fraction of sp³-hybridized carbons (Fsp3) is 0.294. The van der Waals surface area contributed by atoms with Crippen LogP contribution < -0.4 is 0 Å². The van der Waals surface area contributed by atoms with Crippen molar-refractivity contribution in [1.29, 1.82) is 0 Å². The van der Waals surface area contributed by atoms with E-state index in [1.807, 2.05) is 0 Å². The first-order valence-corrected chi connectivity index (χ1v) is 7.14. The van der Waals surface area contributed by atoms with E-state index in [1.54, 1.807) is 12.1 Å². The van der Waals surface area contributed by atoms with Gasteiger partial charge in [-0.1, -0.05) is 0 Å². The van der Waals surface area contributed by atoms with Gasteiger partial charge in [0.1, 0.15) is 11.5 Å². The number of aromatic hydroxyl groups is 2. The van der Waals surface area contributed by atoms with E-state index in [4.69, 9.17) is 0 Å². The van der Waals surface area contributed by atoms with E-state index < -0.39 is 0 Å². The number of hydrogen-bond donors (Lipinski definition) is 6. The maximum Gasteiger partial charge on any atom is 0.124 e. The first-order chi connectivity index (χ1) is 11.0. The largest absolute Gasteiger partial charge is 0.507 e. The Hall–Kier alpha value is -2.12. The second-order valence-corrected chi connectivity index (χ2v) is 5.33. The molecule has 6 heteroatoms. The van der Waals surface area contributed by atoms with Gasteiger partial charge in [0.25, 0.3) is 0 Å². The van der Waals surface area contributed by atoms with Gasteiger partial charge in [-0.2, -0.15) is 0 Å². The first-order valence-electron chi connectivity index (χ1n) is 7.14. The molecule has 0 bridgehead atoms. The van der Waals surface area contributed by atoms with Crippen LogP contribution in [0.5, 0.6) is 11.5 Å². The number of hydrogen-bond acceptors (Lipinski definition) is 6. The van der Waals surface area contributed by atoms with Gasteiger partial charge in [-0.3, -0.25) is 0 Å². The van der Waals surface area contributed by atoms with Crippen LogP contribution in [0.15, 0.2) is 24.3 Å². The van der Waals surface area contributed by atoms with Crippen LogP contribution in [-0.2, 0) is 32.8 Å². The Labute approximate surface area is 133 Å². The van der Waals surface area contributed by atoms with Crippen molar-refractivity contribution in [3.8, 4) is 11.5 Å². The zero-order valence-electron chi connectivity index (χ0n) is 12.5. The summed E-state index contributed by atoms with van der Waals surface area (Å²) in [5.41, 5.74) is 2.48. The van der Waals surface area contributed by atoms with Crippen molar-refractivity contribution in [2.24, 2.45) is 0 Å². The molecule has 0 spiro atoms. The number of phenols is 2. The molecule has 0 amide bonds. The van der Waals surface area contributed by atoms with Crippen LogP contribution in [0.2, 0.25) is 0 Å². The van der Waals surface area contributed by atoms with Crippen molar-refractivity contribution in [1.82, 2.24) is 0 Å². The maximum atomic E-state index is 10.2. The first kappa shape index (κ1) is 17.2. The highest BCUT2D eigenvalue weighted by atomic mass is 16.3. The Balaban J connectivity index is 2.50. The van der Waals surface area contributed by atoms with E-state index in [2.05, 4.69) is 0 Å². The van der Waals surface area contributed by atoms with Crippen molar-refractivity contribution in [3.63, 3.8) is 0 Å². The lowest BCUT2D eigenvalue weighted by Gasteiger charge is -2.14. The van der Waals surface area contributed by atoms with Crippen molar-refractivity contribution >= 4 is 0 Å². The molecule has 23 heavy (non-hydrogen) atoms. The Kier molecular flexibility index (Phi) is 5.57. The fourth-order valence-corrected chi connectivity index (χ4v) is 2.56. The average molecular weight is 320 g/mol. The predicted octanol–water partition coefficient (Wildman–Crippen LogP) is 0.658. The molecule has 0 saturated heterocycles. The highest BCUT2D eigenvalue weighted by molar-refractivity contribution is 5.50. The normalized spacial score (nSPS) is 11.0. The summed E-state index contributed by atoms with van der Waals surface area (Å²) in [6.45, 7) is -1.25. The summed E-state index contributed by atoms with van der Waals surface area (Å²) in [7, 11) is 0. The van der Waals surface area contributed by atoms with Gasteiger partial charge >= 0.3 is 0 Å². The molecule has 2 aromatic carbocycles. The molecule has 0 atom stereocenters. The topological polar surface area (TPSA) is 121 Å². The quantitative estimate of drug-likeness (QED) is 0.465. The van der Waals surface area contributed by atoms with Crippen molar-refractivity contribution in [3.05, 3.63) is 57.6 Å². The van der Waals surface area contributed by atoms with Crippen molar-refractivity contribution < 1.29 is 30.6 Å². The highest BCUT2D eigenvalue weighted by Crippen LogP contribution is 2.32. The smallest absolute Gasteiger partial charge is 0.124 e. The van der Waals surface area contributed by atoms with Gasteiger partial charge < -0.3 is 30.6 Å². The third kappa shape index (κ3) is 3.62. The summed E-state index contributed by atoms with van der Waals surface area (Å²) < 4.78 is 0. The van der Waals surface area contributed by atoms with Gasteiger partial charge in [0.2, 0.25) is 0 Å². The molecule has 0 aliphatic heterocycles. The number of aliphatic hydroxyl groups is 4. The van der Waals surface area contributed by atoms with E-state index >= 15 is 0 Å². The molecule has 0 aromatic heterocycles. The van der Waals surface area contributed by atoms with E-state index in [-0.39, 0.29) is 55.5 Å². The molecule has 2 aromatic rings. The third-order valence-electron chi connectivity index (χ3n) is 3.74. The van der Waals surface area contributed by atoms with Gasteiger partial charge in [-0.15, -0.1) is 0 Å². The van der Waals surface area contributed by atoms with Crippen LogP contribution in [-0.4, -0.2) is 30.6 Å². The summed E-state index contributed by atoms with van der Waals surface area (Å²) in [6, 6.07) is 6.17. The molecule has 0 saturated carbocycles. The molecular weight excluding hydrogens is 300 g/mol. The number of aliphatic hydroxyl groups excluding tert-OH is 4. The molecule has 2 rings (SSSR count). The Morgan fingerprint density at radius 2 is 0.870 bits per heavy atom. The maximum absolute atomic E-state index is 10.2. The van der Waals surface area contributed by atoms with E-state index in [1.165, 1.54) is 12.1 Å². The summed E-state index contributed by atoms with van der Waals surface area (Å²) in [4.78, 5) is 0. The Bertz CT molecular complexity index is 636. The lowest BCUT2D eigenvalue weighted by atomic mass is 9.95. The molecule has 0 radical (unpaired) electrons. The van der Waals surface area contributed by atoms with Gasteiger partial charge in [0.15, 0.2) is 0 Å². The fourth-order valence-electron chi connectivity index (χ4n) is 2.56. The van der Waals surface area contributed by atoms with Gasteiger partial charge in [-0.05, 0) is 46.5 Å². The minimum Gasteiger partial charge on any atom is -0.507 e. The zero-order valence-corrected chi connectivity index (χ0v) is 12.5. The standard InChI is InChI=1S/C17H20O6/c18-6-10-1-12(16(22)14(3-10)8-20)5-13-2-11(7-19)4-15(9-21)17(13)23/h1-4,18-23H,5-9H2. The molecule has 0 unspecified atom stereocenters.